The number of benzene rings is 2. The van der Waals surface area contributed by atoms with E-state index in [-0.39, 0.29) is 60.7 Å². The molecule has 1 N–H and O–H groups in total. The first-order valence-electron chi connectivity index (χ1n) is 17.9. The molecule has 2 aliphatic rings. The summed E-state index contributed by atoms with van der Waals surface area (Å²) >= 11 is 6.71. The number of morpholine rings is 1. The van der Waals surface area contributed by atoms with Gasteiger partial charge in [-0.15, -0.1) is 0 Å². The Labute approximate surface area is 316 Å². The Kier molecular flexibility index (Phi) is 10.9. The molecule has 0 bridgehead atoms. The van der Waals surface area contributed by atoms with Gasteiger partial charge in [0.25, 0.3) is 5.56 Å². The van der Waals surface area contributed by atoms with E-state index in [0.29, 0.717) is 24.5 Å². The number of fused-ring (bicyclic) bond motifs is 1. The Morgan fingerprint density at radius 1 is 1.09 bits per heavy atom. The van der Waals surface area contributed by atoms with Crippen molar-refractivity contribution < 1.29 is 37.3 Å². The molecule has 2 amide bonds. The molecule has 0 radical (unpaired) electrons. The van der Waals surface area contributed by atoms with Crippen LogP contribution < -0.4 is 5.56 Å². The number of carbonyl (C=O) groups is 2. The number of aromatic nitrogens is 3. The second-order valence-corrected chi connectivity index (χ2v) is 15.8. The van der Waals surface area contributed by atoms with Crippen LogP contribution in [0.5, 0.6) is 0 Å². The van der Waals surface area contributed by atoms with Crippen molar-refractivity contribution >= 4 is 34.6 Å². The van der Waals surface area contributed by atoms with Crippen LogP contribution in [0.4, 0.5) is 18.0 Å². The maximum absolute atomic E-state index is 13.9. The highest BCUT2D eigenvalue weighted by Crippen LogP contribution is 2.38. The number of aliphatic hydroxyl groups is 1. The number of hydrogen-bond donors (Lipinski definition) is 1. The third-order valence-corrected chi connectivity index (χ3v) is 10.4. The lowest BCUT2D eigenvalue weighted by Crippen LogP contribution is -2.50. The minimum atomic E-state index is -4.60. The highest BCUT2D eigenvalue weighted by molar-refractivity contribution is 6.31. The standard InChI is InChI=1S/C39H45ClF3N5O6/c1-24-17-27(11-12-28(24)31-21-53-25(2)20-47(31)36(51)54-37(3,4)5)48-32(40)18-29-34(48)44-23-46(35(29)50)22-38(52)13-15-45(16-14-38)33(49)19-30(39(41,42)43)26-9-7-6-8-10-26/h6-12,17-18,23,25,30-31,52H,13-16,19-22H2,1-5H3/t25-,30-,31-/m1/s1. The number of alkyl halides is 3. The summed E-state index contributed by atoms with van der Waals surface area (Å²) in [7, 11) is 0. The molecule has 0 saturated carbocycles. The summed E-state index contributed by atoms with van der Waals surface area (Å²) in [5.74, 6) is -2.58. The minimum Gasteiger partial charge on any atom is -0.444 e. The van der Waals surface area contributed by atoms with Gasteiger partial charge in [0, 0.05) is 25.2 Å². The van der Waals surface area contributed by atoms with Gasteiger partial charge in [-0.2, -0.15) is 13.2 Å². The van der Waals surface area contributed by atoms with Crippen molar-refractivity contribution in [2.24, 2.45) is 0 Å². The van der Waals surface area contributed by atoms with Gasteiger partial charge in [0.15, 0.2) is 5.65 Å². The van der Waals surface area contributed by atoms with Crippen molar-refractivity contribution in [3.8, 4) is 5.69 Å². The molecule has 290 valence electrons. The van der Waals surface area contributed by atoms with E-state index in [4.69, 9.17) is 21.1 Å². The quantitative estimate of drug-likeness (QED) is 0.216. The lowest BCUT2D eigenvalue weighted by Gasteiger charge is -2.40. The number of piperidine rings is 1. The maximum Gasteiger partial charge on any atom is 0.410 e. The Balaban J connectivity index is 1.17. The highest BCUT2D eigenvalue weighted by Gasteiger charge is 2.44. The number of likely N-dealkylation sites (tertiary alicyclic amines) is 1. The molecule has 11 nitrogen and oxygen atoms in total. The van der Waals surface area contributed by atoms with Gasteiger partial charge in [-0.25, -0.2) is 9.78 Å². The SMILES string of the molecule is Cc1cc(-n2c(Cl)cc3c(=O)n(CC4(O)CCN(C(=O)C[C@H](c5ccccc5)C(F)(F)F)CC4)cnc32)ccc1[C@H]1CO[C@H](C)CN1C(=O)OC(C)(C)C. The minimum absolute atomic E-state index is 0.0195. The molecule has 54 heavy (non-hydrogen) atoms. The third-order valence-electron chi connectivity index (χ3n) is 10.1. The van der Waals surface area contributed by atoms with Gasteiger partial charge in [-0.3, -0.25) is 23.6 Å². The van der Waals surface area contributed by atoms with Crippen LogP contribution in [0.2, 0.25) is 5.15 Å². The van der Waals surface area contributed by atoms with Gasteiger partial charge in [0.1, 0.15) is 17.1 Å². The number of carbonyl (C=O) groups excluding carboxylic acids is 2. The summed E-state index contributed by atoms with van der Waals surface area (Å²) in [5, 5.41) is 11.9. The number of ether oxygens (including phenoxy) is 2. The molecule has 6 rings (SSSR count). The molecule has 2 aromatic carbocycles. The fraction of sp³-hybridized carbons (Fsp3) is 0.487. The maximum atomic E-state index is 13.9. The number of amides is 2. The van der Waals surface area contributed by atoms with E-state index in [1.165, 1.54) is 46.1 Å². The Bertz CT molecular complexity index is 2070. The number of hydrogen-bond acceptors (Lipinski definition) is 7. The summed E-state index contributed by atoms with van der Waals surface area (Å²) in [6.45, 7) is 9.90. The first-order chi connectivity index (χ1) is 25.3. The second-order valence-electron chi connectivity index (χ2n) is 15.4. The summed E-state index contributed by atoms with van der Waals surface area (Å²) in [6, 6.07) is 14.1. The van der Waals surface area contributed by atoms with Crippen molar-refractivity contribution in [2.45, 2.75) is 95.9 Å². The predicted octanol–water partition coefficient (Wildman–Crippen LogP) is 6.94. The summed E-state index contributed by atoms with van der Waals surface area (Å²) in [5.41, 5.74) is 0.212. The van der Waals surface area contributed by atoms with Crippen LogP contribution in [0.25, 0.3) is 16.7 Å². The first kappa shape index (κ1) is 39.3. The molecule has 2 saturated heterocycles. The Hall–Kier alpha value is -4.40. The van der Waals surface area contributed by atoms with E-state index in [1.54, 1.807) is 15.5 Å². The van der Waals surface area contributed by atoms with Crippen molar-refractivity contribution in [1.82, 2.24) is 23.9 Å². The molecule has 0 spiro atoms. The van der Waals surface area contributed by atoms with Crippen molar-refractivity contribution in [3.63, 3.8) is 0 Å². The van der Waals surface area contributed by atoms with Crippen molar-refractivity contribution in [3.05, 3.63) is 93.1 Å². The molecule has 0 unspecified atom stereocenters. The van der Waals surface area contributed by atoms with E-state index in [2.05, 4.69) is 4.98 Å². The first-order valence-corrected chi connectivity index (χ1v) is 18.3. The number of halogens is 4. The zero-order chi connectivity index (χ0) is 39.2. The zero-order valence-corrected chi connectivity index (χ0v) is 31.7. The topological polar surface area (TPSA) is 119 Å². The van der Waals surface area contributed by atoms with E-state index in [9.17, 15) is 32.7 Å². The van der Waals surface area contributed by atoms with Crippen LogP contribution >= 0.6 is 11.6 Å². The van der Waals surface area contributed by atoms with Gasteiger partial charge in [-0.1, -0.05) is 48.0 Å². The van der Waals surface area contributed by atoms with E-state index < -0.39 is 47.3 Å². The fourth-order valence-electron chi connectivity index (χ4n) is 7.26. The van der Waals surface area contributed by atoms with Crippen molar-refractivity contribution in [1.29, 1.82) is 0 Å². The molecule has 2 aromatic heterocycles. The van der Waals surface area contributed by atoms with Crippen LogP contribution in [0.15, 0.2) is 65.7 Å². The average Bonchev–Trinajstić information content (AvgIpc) is 3.44. The molecule has 4 aromatic rings. The Morgan fingerprint density at radius 2 is 1.78 bits per heavy atom. The smallest absolute Gasteiger partial charge is 0.410 e. The summed E-state index contributed by atoms with van der Waals surface area (Å²) in [6.07, 6.45) is -4.45. The van der Waals surface area contributed by atoms with Gasteiger partial charge in [0.05, 0.1) is 48.7 Å². The van der Waals surface area contributed by atoms with E-state index >= 15 is 0 Å². The van der Waals surface area contributed by atoms with E-state index in [0.717, 1.165) is 11.1 Å². The third kappa shape index (κ3) is 8.45. The van der Waals surface area contributed by atoms with Gasteiger partial charge >= 0.3 is 12.3 Å². The zero-order valence-electron chi connectivity index (χ0n) is 30.9. The fourth-order valence-corrected chi connectivity index (χ4v) is 7.55. The molecule has 0 aliphatic carbocycles. The highest BCUT2D eigenvalue weighted by atomic mass is 35.5. The number of aryl methyl sites for hydroxylation is 1. The van der Waals surface area contributed by atoms with Crippen LogP contribution in [0.1, 0.15) is 75.6 Å². The molecule has 2 aliphatic heterocycles. The molecule has 3 atom stereocenters. The van der Waals surface area contributed by atoms with Crippen LogP contribution in [0.3, 0.4) is 0 Å². The largest absolute Gasteiger partial charge is 0.444 e. The molecule has 4 heterocycles. The van der Waals surface area contributed by atoms with E-state index in [1.807, 2.05) is 52.8 Å². The summed E-state index contributed by atoms with van der Waals surface area (Å²) < 4.78 is 56.2. The molecule has 2 fully saturated rings. The van der Waals surface area contributed by atoms with Crippen LogP contribution in [-0.2, 0) is 20.8 Å². The monoisotopic (exact) mass is 771 g/mol. The number of rotatable bonds is 7. The van der Waals surface area contributed by atoms with Crippen LogP contribution in [0, 0.1) is 6.92 Å². The molecular weight excluding hydrogens is 727 g/mol. The molecular formula is C39H45ClF3N5O6. The normalized spacial score (nSPS) is 19.9. The van der Waals surface area contributed by atoms with Crippen LogP contribution in [-0.4, -0.2) is 90.7 Å². The molecule has 15 heteroatoms. The predicted molar refractivity (Wildman–Crippen MR) is 197 cm³/mol. The Morgan fingerprint density at radius 3 is 2.41 bits per heavy atom. The van der Waals surface area contributed by atoms with Gasteiger partial charge < -0.3 is 19.5 Å². The second kappa shape index (κ2) is 15.0. The summed E-state index contributed by atoms with van der Waals surface area (Å²) in [4.78, 5) is 47.5. The van der Waals surface area contributed by atoms with Gasteiger partial charge in [-0.05, 0) is 82.3 Å². The average molecular weight is 772 g/mol. The van der Waals surface area contributed by atoms with Crippen molar-refractivity contribution in [2.75, 3.05) is 26.2 Å². The number of nitrogens with zero attached hydrogens (tertiary/aromatic N) is 5. The lowest BCUT2D eigenvalue weighted by atomic mass is 9.89. The van der Waals surface area contributed by atoms with Gasteiger partial charge in [0.2, 0.25) is 5.91 Å². The lowest BCUT2D eigenvalue weighted by molar-refractivity contribution is -0.162.